The van der Waals surface area contributed by atoms with E-state index in [0.717, 1.165) is 31.8 Å². The predicted molar refractivity (Wildman–Crippen MR) is 97.0 cm³/mol. The van der Waals surface area contributed by atoms with E-state index in [-0.39, 0.29) is 5.91 Å². The smallest absolute Gasteiger partial charge is 0.475 e. The molecule has 29 heavy (non-hydrogen) atoms. The SMILES string of the molecule is N#Cc1cccc(C(=O)N2CC[C@H]3[C@H]2CCN3CC2CC2)c1.O=C(O)C(F)(F)F. The van der Waals surface area contributed by atoms with E-state index < -0.39 is 12.1 Å². The van der Waals surface area contributed by atoms with Gasteiger partial charge in [-0.3, -0.25) is 9.69 Å². The van der Waals surface area contributed by atoms with Gasteiger partial charge in [-0.05, 0) is 49.8 Å². The first-order valence-electron chi connectivity index (χ1n) is 9.56. The molecule has 3 fully saturated rings. The van der Waals surface area contributed by atoms with Gasteiger partial charge in [-0.25, -0.2) is 4.79 Å². The first-order chi connectivity index (χ1) is 13.7. The fraction of sp³-hybridized carbons (Fsp3) is 0.550. The normalized spacial score (nSPS) is 23.7. The highest BCUT2D eigenvalue weighted by molar-refractivity contribution is 5.95. The summed E-state index contributed by atoms with van der Waals surface area (Å²) in [5.41, 5.74) is 1.21. The maximum atomic E-state index is 12.8. The Balaban J connectivity index is 0.000000298. The number of halogens is 3. The Bertz CT molecular complexity index is 817. The number of likely N-dealkylation sites (tertiary alicyclic amines) is 2. The Morgan fingerprint density at radius 2 is 1.79 bits per heavy atom. The Kier molecular flexibility index (Phi) is 6.13. The van der Waals surface area contributed by atoms with Gasteiger partial charge in [0.25, 0.3) is 5.91 Å². The zero-order valence-electron chi connectivity index (χ0n) is 15.7. The van der Waals surface area contributed by atoms with Crippen LogP contribution in [0.25, 0.3) is 0 Å². The number of nitriles is 1. The summed E-state index contributed by atoms with van der Waals surface area (Å²) < 4.78 is 31.7. The molecule has 0 aromatic heterocycles. The molecule has 2 heterocycles. The van der Waals surface area contributed by atoms with Crippen molar-refractivity contribution >= 4 is 11.9 Å². The Morgan fingerprint density at radius 1 is 1.14 bits per heavy atom. The van der Waals surface area contributed by atoms with Crippen LogP contribution in [-0.2, 0) is 4.79 Å². The molecule has 1 aliphatic carbocycles. The number of hydrogen-bond donors (Lipinski definition) is 1. The summed E-state index contributed by atoms with van der Waals surface area (Å²) in [6.07, 6.45) is -0.114. The number of rotatable bonds is 3. The molecule has 1 saturated carbocycles. The van der Waals surface area contributed by atoms with Gasteiger partial charge in [0.05, 0.1) is 11.6 Å². The van der Waals surface area contributed by atoms with Crippen LogP contribution in [-0.4, -0.2) is 64.7 Å². The van der Waals surface area contributed by atoms with Gasteiger partial charge < -0.3 is 10.0 Å². The number of fused-ring (bicyclic) bond motifs is 1. The molecule has 0 unspecified atom stereocenters. The van der Waals surface area contributed by atoms with Crippen LogP contribution >= 0.6 is 0 Å². The fourth-order valence-corrected chi connectivity index (χ4v) is 4.07. The van der Waals surface area contributed by atoms with Gasteiger partial charge in [-0.2, -0.15) is 18.4 Å². The van der Waals surface area contributed by atoms with Crippen molar-refractivity contribution in [2.75, 3.05) is 19.6 Å². The highest BCUT2D eigenvalue weighted by atomic mass is 19.4. The van der Waals surface area contributed by atoms with Crippen LogP contribution in [0.4, 0.5) is 13.2 Å². The first kappa shape index (κ1) is 21.1. The summed E-state index contributed by atoms with van der Waals surface area (Å²) in [6.45, 7) is 3.22. The van der Waals surface area contributed by atoms with Gasteiger partial charge in [0.15, 0.2) is 0 Å². The Labute approximate surface area is 166 Å². The van der Waals surface area contributed by atoms with E-state index in [0.29, 0.717) is 23.2 Å². The molecule has 4 rings (SSSR count). The number of carbonyl (C=O) groups excluding carboxylic acids is 1. The number of carbonyl (C=O) groups is 2. The third-order valence-corrected chi connectivity index (χ3v) is 5.62. The fourth-order valence-electron chi connectivity index (χ4n) is 4.07. The molecule has 2 atom stereocenters. The lowest BCUT2D eigenvalue weighted by Crippen LogP contribution is -2.40. The molecule has 0 radical (unpaired) electrons. The average Bonchev–Trinajstić information content (AvgIpc) is 3.26. The minimum atomic E-state index is -5.08. The van der Waals surface area contributed by atoms with Gasteiger partial charge in [-0.1, -0.05) is 6.07 Å². The summed E-state index contributed by atoms with van der Waals surface area (Å²) in [5.74, 6) is -1.75. The number of amides is 1. The number of nitrogens with zero attached hydrogens (tertiary/aromatic N) is 3. The van der Waals surface area contributed by atoms with E-state index in [1.165, 1.54) is 19.4 Å². The summed E-state index contributed by atoms with van der Waals surface area (Å²) >= 11 is 0. The quantitative estimate of drug-likeness (QED) is 0.830. The molecule has 2 aliphatic heterocycles. The van der Waals surface area contributed by atoms with Gasteiger partial charge in [0.1, 0.15) is 0 Å². The number of hydrogen-bond acceptors (Lipinski definition) is 4. The van der Waals surface area contributed by atoms with Crippen molar-refractivity contribution in [3.63, 3.8) is 0 Å². The van der Waals surface area contributed by atoms with Crippen molar-refractivity contribution < 1.29 is 27.9 Å². The average molecular weight is 409 g/mol. The second kappa shape index (κ2) is 8.41. The van der Waals surface area contributed by atoms with Crippen molar-refractivity contribution in [2.45, 2.75) is 43.9 Å². The first-order valence-corrected chi connectivity index (χ1v) is 9.56. The zero-order chi connectivity index (χ0) is 21.2. The second-order valence-electron chi connectivity index (χ2n) is 7.64. The van der Waals surface area contributed by atoms with Gasteiger partial charge in [0, 0.05) is 37.3 Å². The molecular formula is C20H22F3N3O3. The van der Waals surface area contributed by atoms with E-state index in [9.17, 15) is 18.0 Å². The molecule has 1 N–H and O–H groups in total. The van der Waals surface area contributed by atoms with E-state index in [1.54, 1.807) is 18.2 Å². The molecule has 0 bridgehead atoms. The van der Waals surface area contributed by atoms with Crippen LogP contribution < -0.4 is 0 Å². The predicted octanol–water partition coefficient (Wildman–Crippen LogP) is 2.89. The van der Waals surface area contributed by atoms with E-state index in [1.807, 2.05) is 11.0 Å². The molecule has 3 aliphatic rings. The maximum absolute atomic E-state index is 12.8. The van der Waals surface area contributed by atoms with E-state index in [2.05, 4.69) is 11.0 Å². The van der Waals surface area contributed by atoms with Gasteiger partial charge in [-0.15, -0.1) is 0 Å². The van der Waals surface area contributed by atoms with Crippen LogP contribution in [0.5, 0.6) is 0 Å². The number of carboxylic acid groups (broad SMARTS) is 1. The molecule has 2 saturated heterocycles. The zero-order valence-corrected chi connectivity index (χ0v) is 15.7. The van der Waals surface area contributed by atoms with Crippen LogP contribution in [0.3, 0.4) is 0 Å². The van der Waals surface area contributed by atoms with Crippen LogP contribution in [0.1, 0.15) is 41.6 Å². The van der Waals surface area contributed by atoms with Crippen molar-refractivity contribution in [1.82, 2.24) is 9.80 Å². The second-order valence-corrected chi connectivity index (χ2v) is 7.64. The Morgan fingerprint density at radius 3 is 2.38 bits per heavy atom. The number of aliphatic carboxylic acids is 1. The molecule has 9 heteroatoms. The molecule has 1 aromatic rings. The topological polar surface area (TPSA) is 84.6 Å². The molecule has 6 nitrogen and oxygen atoms in total. The maximum Gasteiger partial charge on any atom is 0.490 e. The summed E-state index contributed by atoms with van der Waals surface area (Å²) in [4.78, 5) is 26.4. The summed E-state index contributed by atoms with van der Waals surface area (Å²) in [7, 11) is 0. The monoisotopic (exact) mass is 409 g/mol. The summed E-state index contributed by atoms with van der Waals surface area (Å²) in [6, 6.07) is 10.1. The van der Waals surface area contributed by atoms with Crippen LogP contribution in [0.15, 0.2) is 24.3 Å². The Hall–Kier alpha value is -2.60. The molecule has 156 valence electrons. The van der Waals surface area contributed by atoms with Crippen LogP contribution in [0, 0.1) is 17.2 Å². The molecule has 0 spiro atoms. The third kappa shape index (κ3) is 5.07. The minimum absolute atomic E-state index is 0.0953. The van der Waals surface area contributed by atoms with Crippen LogP contribution in [0.2, 0.25) is 0 Å². The lowest BCUT2D eigenvalue weighted by Gasteiger charge is -2.25. The number of benzene rings is 1. The molecule has 1 aromatic carbocycles. The number of alkyl halides is 3. The number of carboxylic acids is 1. The lowest BCUT2D eigenvalue weighted by atomic mass is 10.1. The molecule has 1 amide bonds. The van der Waals surface area contributed by atoms with E-state index >= 15 is 0 Å². The van der Waals surface area contributed by atoms with Crippen molar-refractivity contribution in [1.29, 1.82) is 5.26 Å². The third-order valence-electron chi connectivity index (χ3n) is 5.62. The van der Waals surface area contributed by atoms with Gasteiger partial charge >= 0.3 is 12.1 Å². The highest BCUT2D eigenvalue weighted by Crippen LogP contribution is 2.37. The largest absolute Gasteiger partial charge is 0.490 e. The van der Waals surface area contributed by atoms with E-state index in [4.69, 9.17) is 15.2 Å². The molecular weight excluding hydrogens is 387 g/mol. The van der Waals surface area contributed by atoms with Crippen molar-refractivity contribution in [3.05, 3.63) is 35.4 Å². The minimum Gasteiger partial charge on any atom is -0.475 e. The summed E-state index contributed by atoms with van der Waals surface area (Å²) in [5, 5.41) is 16.1. The van der Waals surface area contributed by atoms with Gasteiger partial charge in [0.2, 0.25) is 0 Å². The van der Waals surface area contributed by atoms with Crippen molar-refractivity contribution in [2.24, 2.45) is 5.92 Å². The standard InChI is InChI=1S/C18H21N3O.C2HF3O2/c19-11-14-2-1-3-15(10-14)18(22)21-9-7-16-17(21)6-8-20(16)12-13-4-5-13;3-2(4,5)1(6)7/h1-3,10,13,16-17H,4-9,12H2;(H,6,7)/t16-,17+;/m0./s1. The van der Waals surface area contributed by atoms with Crippen molar-refractivity contribution in [3.8, 4) is 6.07 Å². The lowest BCUT2D eigenvalue weighted by molar-refractivity contribution is -0.192. The highest BCUT2D eigenvalue weighted by Gasteiger charge is 2.45.